The van der Waals surface area contributed by atoms with Gasteiger partial charge in [0.1, 0.15) is 5.75 Å². The molecule has 0 heterocycles. The molecule has 0 aliphatic heterocycles. The van der Waals surface area contributed by atoms with Crippen LogP contribution in [0.5, 0.6) is 5.75 Å². The molecule has 0 aliphatic rings. The summed E-state index contributed by atoms with van der Waals surface area (Å²) in [7, 11) is 0. The number of hydrogen-bond donors (Lipinski definition) is 0. The number of aryl methyl sites for hydroxylation is 2. The van der Waals surface area contributed by atoms with Crippen LogP contribution in [0.4, 0.5) is 4.39 Å². The van der Waals surface area contributed by atoms with Crippen molar-refractivity contribution in [2.45, 2.75) is 20.3 Å². The minimum absolute atomic E-state index is 0.315. The average molecular weight is 182 g/mol. The summed E-state index contributed by atoms with van der Waals surface area (Å²) in [5.74, 6) is 0.860. The molecule has 0 saturated carbocycles. The summed E-state index contributed by atoms with van der Waals surface area (Å²) in [4.78, 5) is 0. The lowest BCUT2D eigenvalue weighted by Crippen LogP contribution is -1.99. The van der Waals surface area contributed by atoms with Crippen LogP contribution >= 0.6 is 0 Å². The highest BCUT2D eigenvalue weighted by Gasteiger charge is 1.98. The van der Waals surface area contributed by atoms with E-state index in [2.05, 4.69) is 6.07 Å². The molecule has 0 bridgehead atoms. The molecule has 13 heavy (non-hydrogen) atoms. The number of benzene rings is 1. The zero-order valence-electron chi connectivity index (χ0n) is 8.14. The van der Waals surface area contributed by atoms with E-state index in [9.17, 15) is 4.39 Å². The third-order valence-corrected chi connectivity index (χ3v) is 1.87. The van der Waals surface area contributed by atoms with Crippen LogP contribution in [-0.4, -0.2) is 13.3 Å². The molecule has 0 amide bonds. The van der Waals surface area contributed by atoms with Gasteiger partial charge in [-0.1, -0.05) is 17.7 Å². The zero-order chi connectivity index (χ0) is 9.68. The summed E-state index contributed by atoms with van der Waals surface area (Å²) in [6.45, 7) is 4.18. The normalized spacial score (nSPS) is 10.1. The van der Waals surface area contributed by atoms with Crippen molar-refractivity contribution in [2.24, 2.45) is 0 Å². The second-order valence-corrected chi connectivity index (χ2v) is 3.16. The van der Waals surface area contributed by atoms with E-state index < -0.39 is 0 Å². The molecule has 0 atom stereocenters. The van der Waals surface area contributed by atoms with Gasteiger partial charge in [-0.25, -0.2) is 0 Å². The minimum atomic E-state index is -0.315. The van der Waals surface area contributed by atoms with Crippen molar-refractivity contribution in [3.8, 4) is 5.75 Å². The first-order valence-corrected chi connectivity index (χ1v) is 4.50. The highest BCUT2D eigenvalue weighted by molar-refractivity contribution is 5.35. The second-order valence-electron chi connectivity index (χ2n) is 3.16. The van der Waals surface area contributed by atoms with Crippen molar-refractivity contribution in [3.05, 3.63) is 29.3 Å². The molecular formula is C11H15FO. The van der Waals surface area contributed by atoms with E-state index in [-0.39, 0.29) is 6.67 Å². The predicted molar refractivity (Wildman–Crippen MR) is 52.0 cm³/mol. The average Bonchev–Trinajstić information content (AvgIpc) is 2.09. The van der Waals surface area contributed by atoms with Crippen LogP contribution in [0.2, 0.25) is 0 Å². The smallest absolute Gasteiger partial charge is 0.122 e. The Hall–Kier alpha value is -1.05. The lowest BCUT2D eigenvalue weighted by Gasteiger charge is -2.08. The van der Waals surface area contributed by atoms with Crippen molar-refractivity contribution in [1.29, 1.82) is 0 Å². The van der Waals surface area contributed by atoms with Crippen molar-refractivity contribution >= 4 is 0 Å². The van der Waals surface area contributed by atoms with Crippen LogP contribution in [0.1, 0.15) is 17.5 Å². The molecule has 72 valence electrons. The first kappa shape index (κ1) is 10.0. The summed E-state index contributed by atoms with van der Waals surface area (Å²) in [6.07, 6.45) is 0.466. The Bertz CT molecular complexity index is 271. The molecule has 0 aliphatic carbocycles. The SMILES string of the molecule is Cc1ccc(OCCCF)c(C)c1. The molecule has 0 aromatic heterocycles. The molecule has 0 unspecified atom stereocenters. The van der Waals surface area contributed by atoms with Gasteiger partial charge in [0.05, 0.1) is 13.3 Å². The minimum Gasteiger partial charge on any atom is -0.493 e. The monoisotopic (exact) mass is 182 g/mol. The number of hydrogen-bond acceptors (Lipinski definition) is 1. The predicted octanol–water partition coefficient (Wildman–Crippen LogP) is 3.04. The number of alkyl halides is 1. The van der Waals surface area contributed by atoms with Gasteiger partial charge in [0, 0.05) is 6.42 Å². The Labute approximate surface area is 78.5 Å². The van der Waals surface area contributed by atoms with Crippen LogP contribution in [-0.2, 0) is 0 Å². The highest BCUT2D eigenvalue weighted by atomic mass is 19.1. The second kappa shape index (κ2) is 4.85. The first-order chi connectivity index (χ1) is 6.24. The third-order valence-electron chi connectivity index (χ3n) is 1.87. The van der Waals surface area contributed by atoms with E-state index in [0.29, 0.717) is 13.0 Å². The maximum Gasteiger partial charge on any atom is 0.122 e. The molecule has 0 spiro atoms. The van der Waals surface area contributed by atoms with Gasteiger partial charge in [0.2, 0.25) is 0 Å². The molecule has 1 nitrogen and oxygen atoms in total. The van der Waals surface area contributed by atoms with Gasteiger partial charge < -0.3 is 4.74 Å². The van der Waals surface area contributed by atoms with Gasteiger partial charge in [-0.2, -0.15) is 0 Å². The molecule has 1 rings (SSSR count). The van der Waals surface area contributed by atoms with Gasteiger partial charge in [-0.3, -0.25) is 4.39 Å². The van der Waals surface area contributed by atoms with Crippen LogP contribution in [0.15, 0.2) is 18.2 Å². The summed E-state index contributed by atoms with van der Waals surface area (Å²) in [6, 6.07) is 5.99. The summed E-state index contributed by atoms with van der Waals surface area (Å²) < 4.78 is 17.2. The molecule has 1 aromatic carbocycles. The Balaban J connectivity index is 2.56. The van der Waals surface area contributed by atoms with Crippen molar-refractivity contribution in [1.82, 2.24) is 0 Å². The van der Waals surface area contributed by atoms with Crippen LogP contribution < -0.4 is 4.74 Å². The zero-order valence-corrected chi connectivity index (χ0v) is 8.14. The lowest BCUT2D eigenvalue weighted by atomic mass is 10.1. The lowest BCUT2D eigenvalue weighted by molar-refractivity contribution is 0.288. The maximum absolute atomic E-state index is 11.8. The molecule has 1 aromatic rings. The fraction of sp³-hybridized carbons (Fsp3) is 0.455. The summed E-state index contributed by atoms with van der Waals surface area (Å²) in [5, 5.41) is 0. The van der Waals surface area contributed by atoms with E-state index in [4.69, 9.17) is 4.74 Å². The van der Waals surface area contributed by atoms with E-state index >= 15 is 0 Å². The Morgan fingerprint density at radius 2 is 2.08 bits per heavy atom. The Morgan fingerprint density at radius 3 is 2.69 bits per heavy atom. The fourth-order valence-corrected chi connectivity index (χ4v) is 1.20. The maximum atomic E-state index is 11.8. The first-order valence-electron chi connectivity index (χ1n) is 4.50. The molecule has 2 heteroatoms. The standard InChI is InChI=1S/C11H15FO/c1-9-4-5-11(10(2)8-9)13-7-3-6-12/h4-5,8H,3,6-7H2,1-2H3. The molecule has 0 fully saturated rings. The summed E-state index contributed by atoms with van der Waals surface area (Å²) in [5.41, 5.74) is 2.33. The van der Waals surface area contributed by atoms with E-state index in [0.717, 1.165) is 11.3 Å². The van der Waals surface area contributed by atoms with Gasteiger partial charge in [0.25, 0.3) is 0 Å². The number of halogens is 1. The topological polar surface area (TPSA) is 9.23 Å². The molecule has 0 radical (unpaired) electrons. The summed E-state index contributed by atoms with van der Waals surface area (Å²) >= 11 is 0. The molecular weight excluding hydrogens is 167 g/mol. The van der Waals surface area contributed by atoms with E-state index in [1.807, 2.05) is 26.0 Å². The van der Waals surface area contributed by atoms with E-state index in [1.54, 1.807) is 0 Å². The van der Waals surface area contributed by atoms with Crippen LogP contribution in [0.25, 0.3) is 0 Å². The Kier molecular flexibility index (Phi) is 3.74. The van der Waals surface area contributed by atoms with Gasteiger partial charge in [-0.05, 0) is 25.5 Å². The van der Waals surface area contributed by atoms with Crippen LogP contribution in [0, 0.1) is 13.8 Å². The fourth-order valence-electron chi connectivity index (χ4n) is 1.20. The van der Waals surface area contributed by atoms with Gasteiger partial charge in [-0.15, -0.1) is 0 Å². The van der Waals surface area contributed by atoms with Crippen molar-refractivity contribution < 1.29 is 9.13 Å². The van der Waals surface area contributed by atoms with Gasteiger partial charge >= 0.3 is 0 Å². The van der Waals surface area contributed by atoms with Crippen LogP contribution in [0.3, 0.4) is 0 Å². The molecule has 0 N–H and O–H groups in total. The molecule has 0 saturated heterocycles. The number of ether oxygens (including phenoxy) is 1. The highest BCUT2D eigenvalue weighted by Crippen LogP contribution is 2.18. The van der Waals surface area contributed by atoms with Crippen molar-refractivity contribution in [3.63, 3.8) is 0 Å². The van der Waals surface area contributed by atoms with Crippen molar-refractivity contribution in [2.75, 3.05) is 13.3 Å². The Morgan fingerprint density at radius 1 is 1.31 bits per heavy atom. The van der Waals surface area contributed by atoms with E-state index in [1.165, 1.54) is 5.56 Å². The quantitative estimate of drug-likeness (QED) is 0.650. The third kappa shape index (κ3) is 3.05. The largest absolute Gasteiger partial charge is 0.493 e. The number of rotatable bonds is 4. The van der Waals surface area contributed by atoms with Gasteiger partial charge in [0.15, 0.2) is 0 Å².